The lowest BCUT2D eigenvalue weighted by Crippen LogP contribution is -2.24. The third kappa shape index (κ3) is 5.26. The number of aryl methyl sites for hydroxylation is 5. The SMILES string of the molecule is Cc1cc(C)n2cc(COC(=O)CSc3c(C#N)c(C)cc(=O)n3Cc3cn4c(C)cc(C)nc4n3)nc2n1. The molecule has 11 nitrogen and oxygen atoms in total. The molecule has 0 unspecified atom stereocenters. The number of carbonyl (C=O) groups excluding carboxylic acids is 1. The Morgan fingerprint density at radius 3 is 2.13 bits per heavy atom. The van der Waals surface area contributed by atoms with E-state index < -0.39 is 5.97 Å². The highest BCUT2D eigenvalue weighted by molar-refractivity contribution is 8.00. The highest BCUT2D eigenvalue weighted by Crippen LogP contribution is 2.25. The normalized spacial score (nSPS) is 11.3. The van der Waals surface area contributed by atoms with Gasteiger partial charge in [-0.3, -0.25) is 23.0 Å². The standard InChI is InChI=1S/C27H26N8O3S/c1-15-6-23(36)35(11-20-10-33-18(4)7-16(2)29-26(33)31-20)25(22(15)9-28)39-14-24(37)38-13-21-12-34-19(5)8-17(3)30-27(34)32-21/h6-8,10,12H,11,13-14H2,1-5H3. The Kier molecular flexibility index (Phi) is 6.93. The molecular weight excluding hydrogens is 516 g/mol. The Labute approximate surface area is 228 Å². The van der Waals surface area contributed by atoms with Crippen LogP contribution in [-0.2, 0) is 22.7 Å². The minimum absolute atomic E-state index is 0.0139. The Bertz CT molecular complexity index is 1860. The van der Waals surface area contributed by atoms with E-state index in [-0.39, 0.29) is 24.5 Å². The summed E-state index contributed by atoms with van der Waals surface area (Å²) in [4.78, 5) is 43.5. The van der Waals surface area contributed by atoms with E-state index >= 15 is 0 Å². The van der Waals surface area contributed by atoms with E-state index in [1.165, 1.54) is 10.6 Å². The van der Waals surface area contributed by atoms with Gasteiger partial charge >= 0.3 is 5.97 Å². The molecule has 0 aliphatic heterocycles. The fourth-order valence-corrected chi connectivity index (χ4v) is 5.44. The topological polar surface area (TPSA) is 132 Å². The van der Waals surface area contributed by atoms with Crippen molar-refractivity contribution in [1.29, 1.82) is 5.26 Å². The lowest BCUT2D eigenvalue weighted by molar-refractivity contribution is -0.141. The summed E-state index contributed by atoms with van der Waals surface area (Å²) in [6.45, 7) is 9.51. The van der Waals surface area contributed by atoms with Crippen LogP contribution in [0, 0.1) is 45.9 Å². The Morgan fingerprint density at radius 1 is 0.923 bits per heavy atom. The molecular formula is C27H26N8O3S. The van der Waals surface area contributed by atoms with Gasteiger partial charge in [0.05, 0.1) is 34.3 Å². The van der Waals surface area contributed by atoms with E-state index in [1.807, 2.05) is 54.8 Å². The number of fused-ring (bicyclic) bond motifs is 2. The average molecular weight is 543 g/mol. The number of aromatic nitrogens is 7. The van der Waals surface area contributed by atoms with Crippen molar-refractivity contribution in [1.82, 2.24) is 33.3 Å². The highest BCUT2D eigenvalue weighted by atomic mass is 32.2. The number of ether oxygens (including phenoxy) is 1. The van der Waals surface area contributed by atoms with Crippen LogP contribution in [0.5, 0.6) is 0 Å². The minimum Gasteiger partial charge on any atom is -0.458 e. The first-order valence-electron chi connectivity index (χ1n) is 12.2. The van der Waals surface area contributed by atoms with Crippen molar-refractivity contribution < 1.29 is 9.53 Å². The number of nitrogens with zero attached hydrogens (tertiary/aromatic N) is 8. The summed E-state index contributed by atoms with van der Waals surface area (Å²) in [6, 6.07) is 7.49. The van der Waals surface area contributed by atoms with Crippen LogP contribution in [0.25, 0.3) is 11.6 Å². The molecule has 0 aliphatic rings. The Hall–Kier alpha value is -4.50. The summed E-state index contributed by atoms with van der Waals surface area (Å²) in [5.41, 5.74) is 5.42. The monoisotopic (exact) mass is 542 g/mol. The zero-order chi connectivity index (χ0) is 27.8. The van der Waals surface area contributed by atoms with Gasteiger partial charge in [-0.15, -0.1) is 0 Å². The summed E-state index contributed by atoms with van der Waals surface area (Å²) in [7, 11) is 0. The van der Waals surface area contributed by atoms with Gasteiger partial charge in [-0.1, -0.05) is 11.8 Å². The van der Waals surface area contributed by atoms with E-state index in [0.717, 1.165) is 34.5 Å². The van der Waals surface area contributed by atoms with Crippen LogP contribution in [-0.4, -0.2) is 45.0 Å². The molecule has 0 N–H and O–H groups in total. The van der Waals surface area contributed by atoms with E-state index in [9.17, 15) is 14.9 Å². The van der Waals surface area contributed by atoms with Gasteiger partial charge in [-0.2, -0.15) is 5.26 Å². The number of hydrogen-bond acceptors (Lipinski definition) is 9. The molecule has 0 bridgehead atoms. The molecule has 5 aromatic heterocycles. The van der Waals surface area contributed by atoms with E-state index in [4.69, 9.17) is 4.74 Å². The fraction of sp³-hybridized carbons (Fsp3) is 0.296. The number of hydrogen-bond donors (Lipinski definition) is 0. The molecule has 0 amide bonds. The summed E-state index contributed by atoms with van der Waals surface area (Å²) in [5, 5.41) is 10.2. The molecule has 0 fully saturated rings. The van der Waals surface area contributed by atoms with Gasteiger partial charge in [0.1, 0.15) is 12.7 Å². The van der Waals surface area contributed by atoms with Crippen LogP contribution in [0.15, 0.2) is 40.4 Å². The second-order valence-electron chi connectivity index (χ2n) is 9.38. The fourth-order valence-electron chi connectivity index (χ4n) is 4.44. The van der Waals surface area contributed by atoms with Gasteiger partial charge in [0.15, 0.2) is 0 Å². The number of rotatable bonds is 7. The first-order chi connectivity index (χ1) is 18.6. The van der Waals surface area contributed by atoms with Crippen LogP contribution in [0.3, 0.4) is 0 Å². The zero-order valence-electron chi connectivity index (χ0n) is 22.2. The van der Waals surface area contributed by atoms with Gasteiger partial charge < -0.3 is 4.74 Å². The van der Waals surface area contributed by atoms with Crippen LogP contribution >= 0.6 is 11.8 Å². The predicted octanol–water partition coefficient (Wildman–Crippen LogP) is 3.23. The maximum Gasteiger partial charge on any atom is 0.316 e. The first-order valence-corrected chi connectivity index (χ1v) is 13.2. The summed E-state index contributed by atoms with van der Waals surface area (Å²) in [6.07, 6.45) is 3.61. The molecule has 0 spiro atoms. The van der Waals surface area contributed by atoms with Crippen molar-refractivity contribution in [2.45, 2.75) is 52.8 Å². The summed E-state index contributed by atoms with van der Waals surface area (Å²) >= 11 is 1.09. The quantitative estimate of drug-likeness (QED) is 0.224. The van der Waals surface area contributed by atoms with E-state index in [0.29, 0.717) is 39.1 Å². The minimum atomic E-state index is -0.495. The van der Waals surface area contributed by atoms with Crippen LogP contribution < -0.4 is 5.56 Å². The molecule has 0 aromatic carbocycles. The number of nitriles is 1. The number of thioether (sulfide) groups is 1. The smallest absolute Gasteiger partial charge is 0.316 e. The van der Waals surface area contributed by atoms with Crippen LogP contribution in [0.4, 0.5) is 0 Å². The molecule has 198 valence electrons. The van der Waals surface area contributed by atoms with Gasteiger partial charge in [0, 0.05) is 41.2 Å². The average Bonchev–Trinajstić information content (AvgIpc) is 3.47. The lowest BCUT2D eigenvalue weighted by Gasteiger charge is -2.14. The van der Waals surface area contributed by atoms with Gasteiger partial charge in [0.2, 0.25) is 11.6 Å². The largest absolute Gasteiger partial charge is 0.458 e. The highest BCUT2D eigenvalue weighted by Gasteiger charge is 2.18. The van der Waals surface area contributed by atoms with E-state index in [2.05, 4.69) is 26.0 Å². The molecule has 12 heteroatoms. The molecule has 0 radical (unpaired) electrons. The van der Waals surface area contributed by atoms with Gasteiger partial charge in [-0.05, 0) is 52.3 Å². The maximum atomic E-state index is 13.0. The van der Waals surface area contributed by atoms with Crippen molar-refractivity contribution in [2.75, 3.05) is 5.75 Å². The van der Waals surface area contributed by atoms with Crippen LogP contribution in [0.2, 0.25) is 0 Å². The van der Waals surface area contributed by atoms with Gasteiger partial charge in [-0.25, -0.2) is 19.9 Å². The molecule has 5 heterocycles. The van der Waals surface area contributed by atoms with E-state index in [1.54, 1.807) is 13.1 Å². The van der Waals surface area contributed by atoms with Crippen molar-refractivity contribution in [3.8, 4) is 6.07 Å². The van der Waals surface area contributed by atoms with Crippen molar-refractivity contribution >= 4 is 29.3 Å². The third-order valence-electron chi connectivity index (χ3n) is 6.22. The summed E-state index contributed by atoms with van der Waals surface area (Å²) < 4.78 is 10.6. The Balaban J connectivity index is 1.35. The van der Waals surface area contributed by atoms with Crippen molar-refractivity contribution in [2.24, 2.45) is 0 Å². The zero-order valence-corrected chi connectivity index (χ0v) is 23.0. The number of carbonyl (C=O) groups is 1. The molecule has 0 aliphatic carbocycles. The van der Waals surface area contributed by atoms with Gasteiger partial charge in [0.25, 0.3) is 5.56 Å². The second kappa shape index (κ2) is 10.3. The molecule has 5 aromatic rings. The third-order valence-corrected chi connectivity index (χ3v) is 7.30. The molecule has 39 heavy (non-hydrogen) atoms. The molecule has 5 rings (SSSR count). The molecule has 0 saturated carbocycles. The number of pyridine rings is 1. The predicted molar refractivity (Wildman–Crippen MR) is 145 cm³/mol. The van der Waals surface area contributed by atoms with Crippen molar-refractivity contribution in [3.05, 3.63) is 86.2 Å². The first kappa shape index (κ1) is 26.1. The lowest BCUT2D eigenvalue weighted by atomic mass is 10.2. The number of imidazole rings is 2. The second-order valence-corrected chi connectivity index (χ2v) is 10.3. The molecule has 0 saturated heterocycles. The van der Waals surface area contributed by atoms with Crippen LogP contribution in [0.1, 0.15) is 45.3 Å². The summed E-state index contributed by atoms with van der Waals surface area (Å²) in [5.74, 6) is 0.494. The maximum absolute atomic E-state index is 13.0. The Morgan fingerprint density at radius 2 is 1.51 bits per heavy atom. The molecule has 0 atom stereocenters. The van der Waals surface area contributed by atoms with Crippen molar-refractivity contribution in [3.63, 3.8) is 0 Å². The number of esters is 1.